The lowest BCUT2D eigenvalue weighted by molar-refractivity contribution is -0.151. The van der Waals surface area contributed by atoms with Crippen LogP contribution in [0.3, 0.4) is 0 Å². The second kappa shape index (κ2) is 6.39. The molecule has 2 bridgehead atoms. The first-order valence-electron chi connectivity index (χ1n) is 12.0. The third-order valence-corrected chi connectivity index (χ3v) is 9.36. The van der Waals surface area contributed by atoms with Gasteiger partial charge in [-0.05, 0) is 60.5 Å². The summed E-state index contributed by atoms with van der Waals surface area (Å²) in [6.45, 7) is 2.38. The Morgan fingerprint density at radius 1 is 1.09 bits per heavy atom. The normalized spacial score (nSPS) is 43.3. The summed E-state index contributed by atoms with van der Waals surface area (Å²) < 4.78 is 7.06. The van der Waals surface area contributed by atoms with Crippen molar-refractivity contribution in [3.63, 3.8) is 0 Å². The van der Waals surface area contributed by atoms with Gasteiger partial charge in [0.05, 0.1) is 29.7 Å². The number of hydrogen-bond donors (Lipinski definition) is 3. The van der Waals surface area contributed by atoms with Crippen molar-refractivity contribution in [2.75, 3.05) is 0 Å². The Hall–Kier alpha value is -2.38. The van der Waals surface area contributed by atoms with Crippen LogP contribution < -0.4 is 5.73 Å². The number of nitrogens with two attached hydrogens (primary N) is 1. The molecule has 2 spiro atoms. The number of hydrogen-bond acceptors (Lipinski definition) is 6. The molecule has 2 aromatic rings. The molecule has 1 aromatic heterocycles. The van der Waals surface area contributed by atoms with Gasteiger partial charge in [-0.2, -0.15) is 10.2 Å². The molecule has 170 valence electrons. The molecule has 0 unspecified atom stereocenters. The number of aromatic nitrogens is 2. The fourth-order valence-electron chi connectivity index (χ4n) is 7.69. The van der Waals surface area contributed by atoms with Gasteiger partial charge in [0.2, 0.25) is 0 Å². The molecule has 4 N–H and O–H groups in total. The molecule has 6 heteroatoms. The van der Waals surface area contributed by atoms with Gasteiger partial charge < -0.3 is 20.7 Å². The first kappa shape index (κ1) is 20.0. The van der Waals surface area contributed by atoms with Crippen molar-refractivity contribution in [1.82, 2.24) is 10.2 Å². The third-order valence-electron chi connectivity index (χ3n) is 9.36. The molecule has 0 amide bonds. The van der Waals surface area contributed by atoms with E-state index >= 15 is 0 Å². The van der Waals surface area contributed by atoms with Crippen LogP contribution in [-0.2, 0) is 4.74 Å². The van der Waals surface area contributed by atoms with Crippen LogP contribution in [-0.4, -0.2) is 49.9 Å². The van der Waals surface area contributed by atoms with Crippen molar-refractivity contribution in [2.24, 2.45) is 17.1 Å². The average Bonchev–Trinajstić information content (AvgIpc) is 3.33. The maximum atomic E-state index is 10.8. The summed E-state index contributed by atoms with van der Waals surface area (Å²) in [7, 11) is 0. The first-order valence-corrected chi connectivity index (χ1v) is 12.0. The number of rotatable bonds is 1. The maximum Gasteiger partial charge on any atom is 0.105 e. The van der Waals surface area contributed by atoms with E-state index in [1.165, 1.54) is 16.7 Å². The van der Waals surface area contributed by atoms with E-state index in [1.54, 1.807) is 6.20 Å². The van der Waals surface area contributed by atoms with E-state index in [1.807, 2.05) is 6.20 Å². The van der Waals surface area contributed by atoms with Crippen molar-refractivity contribution in [1.29, 1.82) is 0 Å². The van der Waals surface area contributed by atoms with Crippen LogP contribution in [0.5, 0.6) is 0 Å². The molecule has 2 fully saturated rings. The Balaban J connectivity index is 1.32. The van der Waals surface area contributed by atoms with Crippen LogP contribution >= 0.6 is 0 Å². The molecule has 3 heterocycles. The fourth-order valence-corrected chi connectivity index (χ4v) is 7.69. The molecule has 5 aliphatic rings. The Morgan fingerprint density at radius 3 is 2.76 bits per heavy atom. The standard InChI is InChI=1S/C27H29N3O3/c1-25-7-6-18-11-20-23(31)24(32)21(28)12-26(20)8-9-27(18,33-26)22(25)5-4-19(25)15-2-3-16-13-29-30-14-17(16)10-15/h2-4,6,10-11,13-14,21-24,31-32H,5,7-9,12,28H2,1H3/t21-,22+,23+,24+,25+,26+,27+/m0/s1. The minimum Gasteiger partial charge on any atom is -0.388 e. The third kappa shape index (κ3) is 2.42. The summed E-state index contributed by atoms with van der Waals surface area (Å²) >= 11 is 0. The lowest BCUT2D eigenvalue weighted by Crippen LogP contribution is -2.61. The smallest absolute Gasteiger partial charge is 0.105 e. The molecular weight excluding hydrogens is 414 g/mol. The van der Waals surface area contributed by atoms with Crippen molar-refractivity contribution in [3.05, 3.63) is 65.5 Å². The largest absolute Gasteiger partial charge is 0.388 e. The van der Waals surface area contributed by atoms with Gasteiger partial charge in [-0.1, -0.05) is 37.3 Å². The molecule has 1 aromatic carbocycles. The second-order valence-electron chi connectivity index (χ2n) is 10.9. The van der Waals surface area contributed by atoms with Gasteiger partial charge in [0.15, 0.2) is 0 Å². The number of aliphatic hydroxyl groups excluding tert-OH is 2. The minimum absolute atomic E-state index is 0.0383. The maximum absolute atomic E-state index is 10.8. The molecule has 33 heavy (non-hydrogen) atoms. The van der Waals surface area contributed by atoms with Gasteiger partial charge in [-0.25, -0.2) is 0 Å². The molecule has 1 saturated carbocycles. The van der Waals surface area contributed by atoms with E-state index in [-0.39, 0.29) is 11.0 Å². The van der Waals surface area contributed by atoms with Crippen molar-refractivity contribution < 1.29 is 14.9 Å². The Bertz CT molecular complexity index is 1280. The lowest BCUT2D eigenvalue weighted by atomic mass is 9.58. The van der Waals surface area contributed by atoms with Crippen molar-refractivity contribution in [3.8, 4) is 0 Å². The van der Waals surface area contributed by atoms with Crippen LogP contribution in [0.2, 0.25) is 0 Å². The Morgan fingerprint density at radius 2 is 1.91 bits per heavy atom. The summed E-state index contributed by atoms with van der Waals surface area (Å²) in [6, 6.07) is 6.08. The van der Waals surface area contributed by atoms with Gasteiger partial charge in [0, 0.05) is 28.1 Å². The number of ether oxygens (including phenoxy) is 1. The molecule has 0 radical (unpaired) electrons. The van der Waals surface area contributed by atoms with Gasteiger partial charge in [0.25, 0.3) is 0 Å². The highest BCUT2D eigenvalue weighted by Gasteiger charge is 2.66. The van der Waals surface area contributed by atoms with Crippen molar-refractivity contribution >= 4 is 16.3 Å². The lowest BCUT2D eigenvalue weighted by Gasteiger charge is -2.55. The molecule has 7 atom stereocenters. The molecule has 2 aliphatic heterocycles. The quantitative estimate of drug-likeness (QED) is 0.626. The van der Waals surface area contributed by atoms with Gasteiger partial charge in [-0.15, -0.1) is 0 Å². The first-order chi connectivity index (χ1) is 15.9. The highest BCUT2D eigenvalue weighted by Crippen LogP contribution is 2.67. The van der Waals surface area contributed by atoms with Gasteiger partial charge in [0.1, 0.15) is 6.10 Å². The van der Waals surface area contributed by atoms with E-state index in [9.17, 15) is 10.2 Å². The number of allylic oxidation sites excluding steroid dienone is 3. The van der Waals surface area contributed by atoms with E-state index < -0.39 is 23.9 Å². The van der Waals surface area contributed by atoms with Gasteiger partial charge >= 0.3 is 0 Å². The predicted octanol–water partition coefficient (Wildman–Crippen LogP) is 3.05. The zero-order valence-electron chi connectivity index (χ0n) is 18.7. The second-order valence-corrected chi connectivity index (χ2v) is 10.9. The topological polar surface area (TPSA) is 101 Å². The summed E-state index contributed by atoms with van der Waals surface area (Å²) in [6.07, 6.45) is 12.8. The summed E-state index contributed by atoms with van der Waals surface area (Å²) in [4.78, 5) is 0. The molecule has 7 rings (SSSR count). The summed E-state index contributed by atoms with van der Waals surface area (Å²) in [5.74, 6) is 0.323. The number of nitrogens with zero attached hydrogens (tertiary/aromatic N) is 2. The van der Waals surface area contributed by atoms with E-state index in [0.717, 1.165) is 42.0 Å². The van der Waals surface area contributed by atoms with E-state index in [4.69, 9.17) is 10.5 Å². The average molecular weight is 444 g/mol. The zero-order valence-corrected chi connectivity index (χ0v) is 18.7. The van der Waals surface area contributed by atoms with E-state index in [0.29, 0.717) is 12.3 Å². The van der Waals surface area contributed by atoms with Crippen molar-refractivity contribution in [2.45, 2.75) is 68.5 Å². The summed E-state index contributed by atoms with van der Waals surface area (Å²) in [5.41, 5.74) is 9.91. The summed E-state index contributed by atoms with van der Waals surface area (Å²) in [5, 5.41) is 31.5. The number of aliphatic hydroxyl groups is 2. The number of benzene rings is 1. The Labute approximate surface area is 192 Å². The fraction of sp³-hybridized carbons (Fsp3) is 0.481. The Kier molecular flexibility index (Phi) is 3.88. The highest BCUT2D eigenvalue weighted by molar-refractivity contribution is 5.86. The predicted molar refractivity (Wildman–Crippen MR) is 125 cm³/mol. The molecule has 1 saturated heterocycles. The van der Waals surface area contributed by atoms with Crippen LogP contribution in [0.1, 0.15) is 44.6 Å². The SMILES string of the molecule is C[C@]12CC=C3C=C4[C@@H](O)[C@H](O)[C@@H](N)C[C@]45CC[C@]3(O5)[C@@H]1CC=C2c1ccc2cnncc2c1. The highest BCUT2D eigenvalue weighted by atomic mass is 16.5. The molecular formula is C27H29N3O3. The molecule has 6 nitrogen and oxygen atoms in total. The zero-order chi connectivity index (χ0) is 22.6. The van der Waals surface area contributed by atoms with Crippen LogP contribution in [0.25, 0.3) is 16.3 Å². The van der Waals surface area contributed by atoms with Crippen LogP contribution in [0.4, 0.5) is 0 Å². The van der Waals surface area contributed by atoms with Crippen LogP contribution in [0.15, 0.2) is 60.0 Å². The number of fused-ring (bicyclic) bond motifs is 2. The van der Waals surface area contributed by atoms with Gasteiger partial charge in [-0.3, -0.25) is 0 Å². The minimum atomic E-state index is -0.961. The molecule has 3 aliphatic carbocycles. The van der Waals surface area contributed by atoms with Crippen LogP contribution in [0, 0.1) is 11.3 Å². The van der Waals surface area contributed by atoms with E-state index in [2.05, 4.69) is 53.5 Å². The monoisotopic (exact) mass is 443 g/mol.